The zero-order valence-electron chi connectivity index (χ0n) is 32.9. The Labute approximate surface area is 346 Å². The summed E-state index contributed by atoms with van der Waals surface area (Å²) in [6.07, 6.45) is 4.16. The number of nitrogens with zero attached hydrogens (tertiary/aromatic N) is 1. The largest absolute Gasteiger partial charge is 0.467 e. The molecule has 6 rings (SSSR count). The summed E-state index contributed by atoms with van der Waals surface area (Å²) in [4.78, 5) is 29.7. The number of halogens is 1. The SMILES string of the molecule is CCCCN(CCCC)c1cccc2c(S(=O)(=O)Nc3ccc(Cl)cc3C(=O)N[C@@H](Cc3ccc(-c4ccccc4)c(Oc4ccccc4)c3)C(=O)OC)cccc12. The first-order valence-corrected chi connectivity index (χ1v) is 21.4. The molecule has 0 radical (unpaired) electrons. The quantitative estimate of drug-likeness (QED) is 0.0830. The normalized spacial score (nSPS) is 11.8. The maximum atomic E-state index is 14.2. The molecular weight excluding hydrogens is 770 g/mol. The van der Waals surface area contributed by atoms with Crippen LogP contribution in [-0.4, -0.2) is 46.5 Å². The summed E-state index contributed by atoms with van der Waals surface area (Å²) >= 11 is 6.38. The van der Waals surface area contributed by atoms with Crippen LogP contribution in [0.15, 0.2) is 138 Å². The standard InChI is InChI=1S/C47H48ClN3O6S/c1-4-6-28-51(29-7-5-2)43-22-14-21-39-38(43)20-15-23-45(39)58(54,55)50-41-27-25-35(48)32-40(41)46(52)49-42(47(53)56-3)30-33-24-26-37(34-16-10-8-11-17-34)44(31-33)57-36-18-12-9-13-19-36/h8-27,31-32,42,50H,4-7,28-30H2,1-3H3,(H,49,52)/t42-/m0/s1. The smallest absolute Gasteiger partial charge is 0.328 e. The van der Waals surface area contributed by atoms with Crippen LogP contribution in [-0.2, 0) is 26.0 Å². The Balaban J connectivity index is 1.29. The Bertz CT molecular complexity index is 2450. The molecule has 0 aromatic heterocycles. The number of benzene rings is 6. The lowest BCUT2D eigenvalue weighted by atomic mass is 9.99. The number of anilines is 2. The number of nitrogens with one attached hydrogen (secondary N) is 2. The molecule has 9 nitrogen and oxygen atoms in total. The molecule has 58 heavy (non-hydrogen) atoms. The molecule has 0 aliphatic carbocycles. The van der Waals surface area contributed by atoms with Crippen molar-refractivity contribution < 1.29 is 27.5 Å². The molecule has 6 aromatic rings. The zero-order valence-corrected chi connectivity index (χ0v) is 34.5. The first-order valence-electron chi connectivity index (χ1n) is 19.5. The molecule has 2 N–H and O–H groups in total. The van der Waals surface area contributed by atoms with Gasteiger partial charge in [0.25, 0.3) is 15.9 Å². The van der Waals surface area contributed by atoms with Gasteiger partial charge in [-0.1, -0.05) is 123 Å². The molecule has 300 valence electrons. The van der Waals surface area contributed by atoms with E-state index in [1.54, 1.807) is 18.2 Å². The second-order valence-electron chi connectivity index (χ2n) is 14.0. The molecule has 0 fully saturated rings. The number of fused-ring (bicyclic) bond motifs is 1. The Morgan fingerprint density at radius 3 is 2.12 bits per heavy atom. The first kappa shape index (κ1) is 41.8. The Kier molecular flexibility index (Phi) is 14.1. The number of carbonyl (C=O) groups is 2. The van der Waals surface area contributed by atoms with E-state index in [-0.39, 0.29) is 27.6 Å². The highest BCUT2D eigenvalue weighted by Crippen LogP contribution is 2.36. The molecule has 1 atom stereocenters. The monoisotopic (exact) mass is 817 g/mol. The Morgan fingerprint density at radius 2 is 1.43 bits per heavy atom. The number of hydrogen-bond acceptors (Lipinski definition) is 7. The van der Waals surface area contributed by atoms with Crippen LogP contribution in [0.3, 0.4) is 0 Å². The van der Waals surface area contributed by atoms with Gasteiger partial charge in [0, 0.05) is 46.6 Å². The van der Waals surface area contributed by atoms with Crippen LogP contribution in [0.1, 0.15) is 55.5 Å². The molecule has 0 aliphatic rings. The lowest BCUT2D eigenvalue weighted by molar-refractivity contribution is -0.142. The van der Waals surface area contributed by atoms with E-state index in [0.29, 0.717) is 22.4 Å². The number of hydrogen-bond donors (Lipinski definition) is 2. The number of amides is 1. The number of rotatable bonds is 18. The molecule has 0 aliphatic heterocycles. The van der Waals surface area contributed by atoms with Crippen molar-refractivity contribution in [3.63, 3.8) is 0 Å². The van der Waals surface area contributed by atoms with E-state index in [1.807, 2.05) is 97.1 Å². The first-order chi connectivity index (χ1) is 28.1. The molecular formula is C47H48ClN3O6S. The third kappa shape index (κ3) is 10.2. The van der Waals surface area contributed by atoms with E-state index in [0.717, 1.165) is 61.0 Å². The average Bonchev–Trinajstić information content (AvgIpc) is 3.24. The fraction of sp³-hybridized carbons (Fsp3) is 0.234. The van der Waals surface area contributed by atoms with Crippen molar-refractivity contribution in [2.45, 2.75) is 56.9 Å². The van der Waals surface area contributed by atoms with Crippen molar-refractivity contribution in [1.82, 2.24) is 5.32 Å². The minimum atomic E-state index is -4.24. The fourth-order valence-corrected chi connectivity index (χ4v) is 8.35. The second-order valence-corrected chi connectivity index (χ2v) is 16.1. The lowest BCUT2D eigenvalue weighted by Crippen LogP contribution is -2.43. The topological polar surface area (TPSA) is 114 Å². The summed E-state index contributed by atoms with van der Waals surface area (Å²) in [5.74, 6) is -0.212. The number of ether oxygens (including phenoxy) is 2. The van der Waals surface area contributed by atoms with Crippen molar-refractivity contribution >= 4 is 55.6 Å². The summed E-state index contributed by atoms with van der Waals surface area (Å²) in [5.41, 5.74) is 3.38. The van der Waals surface area contributed by atoms with Gasteiger partial charge in [-0.3, -0.25) is 9.52 Å². The van der Waals surface area contributed by atoms with Crippen LogP contribution in [0, 0.1) is 0 Å². The average molecular weight is 818 g/mol. The Morgan fingerprint density at radius 1 is 0.759 bits per heavy atom. The summed E-state index contributed by atoms with van der Waals surface area (Å²) in [6.45, 7) is 6.03. The van der Waals surface area contributed by atoms with Crippen LogP contribution in [0.5, 0.6) is 11.5 Å². The minimum Gasteiger partial charge on any atom is -0.467 e. The summed E-state index contributed by atoms with van der Waals surface area (Å²) in [7, 11) is -3.00. The fourth-order valence-electron chi connectivity index (χ4n) is 6.88. The molecule has 0 saturated heterocycles. The van der Waals surface area contributed by atoms with E-state index in [2.05, 4.69) is 28.8 Å². The molecule has 0 spiro atoms. The van der Waals surface area contributed by atoms with Crippen molar-refractivity contribution in [3.8, 4) is 22.6 Å². The van der Waals surface area contributed by atoms with Crippen molar-refractivity contribution in [2.75, 3.05) is 29.8 Å². The number of methoxy groups -OCH3 is 1. The van der Waals surface area contributed by atoms with Crippen LogP contribution < -0.4 is 19.7 Å². The highest BCUT2D eigenvalue weighted by Gasteiger charge is 2.27. The van der Waals surface area contributed by atoms with Gasteiger partial charge in [0.1, 0.15) is 17.5 Å². The zero-order chi connectivity index (χ0) is 41.1. The van der Waals surface area contributed by atoms with Crippen LogP contribution in [0.4, 0.5) is 11.4 Å². The number of para-hydroxylation sites is 1. The molecule has 1 amide bonds. The Hall–Kier alpha value is -5.84. The van der Waals surface area contributed by atoms with Gasteiger partial charge in [-0.05, 0) is 72.5 Å². The lowest BCUT2D eigenvalue weighted by Gasteiger charge is -2.26. The second kappa shape index (κ2) is 19.5. The summed E-state index contributed by atoms with van der Waals surface area (Å²) in [6, 6.07) is 38.8. The van der Waals surface area contributed by atoms with E-state index in [4.69, 9.17) is 21.1 Å². The third-order valence-electron chi connectivity index (χ3n) is 9.86. The van der Waals surface area contributed by atoms with Gasteiger partial charge in [0.2, 0.25) is 0 Å². The predicted octanol–water partition coefficient (Wildman–Crippen LogP) is 10.7. The maximum absolute atomic E-state index is 14.2. The van der Waals surface area contributed by atoms with Gasteiger partial charge >= 0.3 is 5.97 Å². The number of carbonyl (C=O) groups excluding carboxylic acids is 2. The number of unbranched alkanes of at least 4 members (excludes halogenated alkanes) is 2. The molecule has 0 heterocycles. The van der Waals surface area contributed by atoms with Gasteiger partial charge in [0.05, 0.1) is 23.3 Å². The minimum absolute atomic E-state index is 0.00282. The molecule has 0 bridgehead atoms. The van der Waals surface area contributed by atoms with Gasteiger partial charge < -0.3 is 19.7 Å². The van der Waals surface area contributed by atoms with Gasteiger partial charge in [-0.2, -0.15) is 0 Å². The molecule has 6 aromatic carbocycles. The van der Waals surface area contributed by atoms with Crippen LogP contribution in [0.25, 0.3) is 21.9 Å². The van der Waals surface area contributed by atoms with Crippen molar-refractivity contribution in [1.29, 1.82) is 0 Å². The van der Waals surface area contributed by atoms with E-state index >= 15 is 0 Å². The van der Waals surface area contributed by atoms with E-state index in [9.17, 15) is 18.0 Å². The summed E-state index contributed by atoms with van der Waals surface area (Å²) in [5, 5.41) is 4.36. The van der Waals surface area contributed by atoms with Gasteiger partial charge in [-0.25, -0.2) is 13.2 Å². The maximum Gasteiger partial charge on any atom is 0.328 e. The van der Waals surface area contributed by atoms with E-state index < -0.39 is 27.9 Å². The highest BCUT2D eigenvalue weighted by molar-refractivity contribution is 7.93. The van der Waals surface area contributed by atoms with Crippen molar-refractivity contribution in [2.24, 2.45) is 0 Å². The summed E-state index contributed by atoms with van der Waals surface area (Å²) < 4.78 is 42.6. The van der Waals surface area contributed by atoms with Crippen molar-refractivity contribution in [3.05, 3.63) is 150 Å². The van der Waals surface area contributed by atoms with Gasteiger partial charge in [-0.15, -0.1) is 0 Å². The van der Waals surface area contributed by atoms with Crippen LogP contribution in [0.2, 0.25) is 5.02 Å². The highest BCUT2D eigenvalue weighted by atomic mass is 35.5. The molecule has 0 saturated carbocycles. The predicted molar refractivity (Wildman–Crippen MR) is 234 cm³/mol. The van der Waals surface area contributed by atoms with Gasteiger partial charge in [0.15, 0.2) is 0 Å². The number of esters is 1. The van der Waals surface area contributed by atoms with E-state index in [1.165, 1.54) is 25.3 Å². The van der Waals surface area contributed by atoms with Crippen LogP contribution >= 0.6 is 11.6 Å². The molecule has 11 heteroatoms. The molecule has 0 unspecified atom stereocenters. The number of sulfonamides is 1. The third-order valence-corrected chi connectivity index (χ3v) is 11.5.